The van der Waals surface area contributed by atoms with Crippen LogP contribution in [-0.2, 0) is 6.18 Å². The van der Waals surface area contributed by atoms with Crippen molar-refractivity contribution in [2.45, 2.75) is 12.6 Å². The number of ether oxygens (including phenoxy) is 1. The summed E-state index contributed by atoms with van der Waals surface area (Å²) in [6.07, 6.45) is -3.32. The standard InChI is InChI=1S/C11H11F3N2O/c1-17-10-8(4-2-3-5-15)6-9(7-16-10)11(12,13)14/h6-7H,3,5,15H2,1H3. The van der Waals surface area contributed by atoms with Gasteiger partial charge in [0.25, 0.3) is 0 Å². The summed E-state index contributed by atoms with van der Waals surface area (Å²) in [5.74, 6) is 5.27. The second kappa shape index (κ2) is 5.55. The highest BCUT2D eigenvalue weighted by Gasteiger charge is 2.31. The van der Waals surface area contributed by atoms with Gasteiger partial charge in [0.15, 0.2) is 0 Å². The predicted molar refractivity (Wildman–Crippen MR) is 56.3 cm³/mol. The van der Waals surface area contributed by atoms with Gasteiger partial charge in [-0.2, -0.15) is 13.2 Å². The summed E-state index contributed by atoms with van der Waals surface area (Å²) >= 11 is 0. The smallest absolute Gasteiger partial charge is 0.417 e. The topological polar surface area (TPSA) is 48.1 Å². The molecular weight excluding hydrogens is 233 g/mol. The van der Waals surface area contributed by atoms with Crippen LogP contribution in [-0.4, -0.2) is 18.6 Å². The number of hydrogen-bond donors (Lipinski definition) is 1. The van der Waals surface area contributed by atoms with Crippen LogP contribution in [0.1, 0.15) is 17.5 Å². The van der Waals surface area contributed by atoms with Crippen molar-refractivity contribution in [1.82, 2.24) is 4.98 Å². The Labute approximate surface area is 96.8 Å². The molecule has 2 N–H and O–H groups in total. The number of halogens is 3. The Morgan fingerprint density at radius 3 is 2.71 bits per heavy atom. The van der Waals surface area contributed by atoms with Crippen molar-refractivity contribution in [2.75, 3.05) is 13.7 Å². The van der Waals surface area contributed by atoms with E-state index in [1.807, 2.05) is 0 Å². The monoisotopic (exact) mass is 244 g/mol. The first-order valence-electron chi connectivity index (χ1n) is 4.79. The predicted octanol–water partition coefficient (Wildman–Crippen LogP) is 1.81. The van der Waals surface area contributed by atoms with Crippen LogP contribution in [0.3, 0.4) is 0 Å². The van der Waals surface area contributed by atoms with Crippen molar-refractivity contribution >= 4 is 0 Å². The molecule has 0 spiro atoms. The third-order valence-electron chi connectivity index (χ3n) is 1.86. The average molecular weight is 244 g/mol. The third-order valence-corrected chi connectivity index (χ3v) is 1.86. The van der Waals surface area contributed by atoms with E-state index in [1.165, 1.54) is 7.11 Å². The molecule has 1 aromatic rings. The minimum Gasteiger partial charge on any atom is -0.480 e. The SMILES string of the molecule is COc1ncc(C(F)(F)F)cc1C#CCCN. The molecule has 0 fully saturated rings. The van der Waals surface area contributed by atoms with E-state index in [1.54, 1.807) is 0 Å². The van der Waals surface area contributed by atoms with Gasteiger partial charge in [-0.3, -0.25) is 0 Å². The Morgan fingerprint density at radius 2 is 2.18 bits per heavy atom. The number of hydrogen-bond acceptors (Lipinski definition) is 3. The molecule has 6 heteroatoms. The first kappa shape index (κ1) is 13.3. The lowest BCUT2D eigenvalue weighted by atomic mass is 10.2. The molecule has 0 aliphatic carbocycles. The molecule has 0 unspecified atom stereocenters. The van der Waals surface area contributed by atoms with Crippen molar-refractivity contribution < 1.29 is 17.9 Å². The van der Waals surface area contributed by atoms with E-state index >= 15 is 0 Å². The summed E-state index contributed by atoms with van der Waals surface area (Å²) in [4.78, 5) is 3.57. The summed E-state index contributed by atoms with van der Waals surface area (Å²) in [5, 5.41) is 0. The largest absolute Gasteiger partial charge is 0.480 e. The molecule has 1 aromatic heterocycles. The van der Waals surface area contributed by atoms with Gasteiger partial charge in [0.1, 0.15) is 0 Å². The Balaban J connectivity index is 3.13. The molecular formula is C11H11F3N2O. The second-order valence-corrected chi connectivity index (χ2v) is 3.12. The molecule has 1 rings (SSSR count). The fraction of sp³-hybridized carbons (Fsp3) is 0.364. The fourth-order valence-electron chi connectivity index (χ4n) is 1.09. The van der Waals surface area contributed by atoms with Crippen LogP contribution in [0, 0.1) is 11.8 Å². The highest BCUT2D eigenvalue weighted by Crippen LogP contribution is 2.30. The Hall–Kier alpha value is -1.74. The lowest BCUT2D eigenvalue weighted by Crippen LogP contribution is -2.07. The molecule has 0 aliphatic rings. The van der Waals surface area contributed by atoms with Crippen molar-refractivity contribution in [3.63, 3.8) is 0 Å². The highest BCUT2D eigenvalue weighted by atomic mass is 19.4. The molecule has 0 atom stereocenters. The maximum Gasteiger partial charge on any atom is 0.417 e. The number of nitrogens with two attached hydrogens (primary N) is 1. The van der Waals surface area contributed by atoms with Crippen molar-refractivity contribution in [1.29, 1.82) is 0 Å². The normalized spacial score (nSPS) is 10.6. The van der Waals surface area contributed by atoms with Crippen molar-refractivity contribution in [2.24, 2.45) is 5.73 Å². The molecule has 0 aliphatic heterocycles. The van der Waals surface area contributed by atoms with Gasteiger partial charge in [-0.05, 0) is 6.07 Å². The van der Waals surface area contributed by atoms with Crippen LogP contribution in [0.5, 0.6) is 5.88 Å². The minimum atomic E-state index is -4.44. The molecule has 0 saturated heterocycles. The van der Waals surface area contributed by atoms with Gasteiger partial charge in [0.05, 0.1) is 18.2 Å². The lowest BCUT2D eigenvalue weighted by Gasteiger charge is -2.08. The summed E-state index contributed by atoms with van der Waals surface area (Å²) in [7, 11) is 1.32. The van der Waals surface area contributed by atoms with Gasteiger partial charge in [-0.1, -0.05) is 11.8 Å². The first-order chi connectivity index (χ1) is 7.99. The number of pyridine rings is 1. The van der Waals surface area contributed by atoms with Gasteiger partial charge in [-0.25, -0.2) is 4.98 Å². The molecule has 0 radical (unpaired) electrons. The van der Waals surface area contributed by atoms with E-state index in [4.69, 9.17) is 10.5 Å². The lowest BCUT2D eigenvalue weighted by molar-refractivity contribution is -0.137. The van der Waals surface area contributed by atoms with Gasteiger partial charge < -0.3 is 10.5 Å². The van der Waals surface area contributed by atoms with E-state index in [0.717, 1.165) is 6.07 Å². The van der Waals surface area contributed by atoms with Crippen LogP contribution < -0.4 is 10.5 Å². The zero-order valence-corrected chi connectivity index (χ0v) is 9.14. The number of alkyl halides is 3. The Kier molecular flexibility index (Phi) is 4.35. The van der Waals surface area contributed by atoms with Gasteiger partial charge >= 0.3 is 6.18 Å². The quantitative estimate of drug-likeness (QED) is 0.807. The van der Waals surface area contributed by atoms with E-state index < -0.39 is 11.7 Å². The van der Waals surface area contributed by atoms with Crippen LogP contribution in [0.25, 0.3) is 0 Å². The summed E-state index contributed by atoms with van der Waals surface area (Å²) in [5.41, 5.74) is 4.49. The Morgan fingerprint density at radius 1 is 1.47 bits per heavy atom. The second-order valence-electron chi connectivity index (χ2n) is 3.12. The van der Waals surface area contributed by atoms with Crippen molar-refractivity contribution in [3.8, 4) is 17.7 Å². The zero-order valence-electron chi connectivity index (χ0n) is 9.14. The number of methoxy groups -OCH3 is 1. The van der Waals surface area contributed by atoms with Gasteiger partial charge in [-0.15, -0.1) is 0 Å². The third kappa shape index (κ3) is 3.64. The first-order valence-corrected chi connectivity index (χ1v) is 4.79. The summed E-state index contributed by atoms with van der Waals surface area (Å²) in [6, 6.07) is 0.912. The molecule has 0 bridgehead atoms. The maximum atomic E-state index is 12.4. The number of rotatable bonds is 2. The summed E-state index contributed by atoms with van der Waals surface area (Å²) in [6.45, 7) is 0.349. The number of nitrogens with zero attached hydrogens (tertiary/aromatic N) is 1. The highest BCUT2D eigenvalue weighted by molar-refractivity contribution is 5.44. The summed E-state index contributed by atoms with van der Waals surface area (Å²) < 4.78 is 42.2. The molecule has 0 aromatic carbocycles. The fourth-order valence-corrected chi connectivity index (χ4v) is 1.09. The van der Waals surface area contributed by atoms with Gasteiger partial charge in [0.2, 0.25) is 5.88 Å². The molecule has 92 valence electrons. The maximum absolute atomic E-state index is 12.4. The van der Waals surface area contributed by atoms with Crippen molar-refractivity contribution in [3.05, 3.63) is 23.4 Å². The molecule has 1 heterocycles. The van der Waals surface area contributed by atoms with E-state index in [0.29, 0.717) is 19.2 Å². The van der Waals surface area contributed by atoms with Crippen LogP contribution in [0.15, 0.2) is 12.3 Å². The number of aromatic nitrogens is 1. The van der Waals surface area contributed by atoms with Crippen LogP contribution >= 0.6 is 0 Å². The average Bonchev–Trinajstić information content (AvgIpc) is 2.28. The molecule has 0 amide bonds. The van der Waals surface area contributed by atoms with E-state index in [9.17, 15) is 13.2 Å². The minimum absolute atomic E-state index is 0.0718. The van der Waals surface area contributed by atoms with Gasteiger partial charge in [0, 0.05) is 19.2 Å². The van der Waals surface area contributed by atoms with E-state index in [-0.39, 0.29) is 11.4 Å². The molecule has 3 nitrogen and oxygen atoms in total. The van der Waals surface area contributed by atoms with Crippen LogP contribution in [0.2, 0.25) is 0 Å². The van der Waals surface area contributed by atoms with E-state index in [2.05, 4.69) is 16.8 Å². The molecule has 17 heavy (non-hydrogen) atoms. The zero-order chi connectivity index (χ0) is 12.9. The van der Waals surface area contributed by atoms with Crippen LogP contribution in [0.4, 0.5) is 13.2 Å². The molecule has 0 saturated carbocycles. The Bertz CT molecular complexity index is 446.